The molecule has 0 saturated heterocycles. The second kappa shape index (κ2) is 8.77. The zero-order valence-corrected chi connectivity index (χ0v) is 16.0. The second-order valence-electron chi connectivity index (χ2n) is 6.45. The maximum absolute atomic E-state index is 12.7. The Morgan fingerprint density at radius 3 is 2.52 bits per heavy atom. The molecule has 2 aromatic carbocycles. The third-order valence-electron chi connectivity index (χ3n) is 4.46. The molecule has 0 bridgehead atoms. The minimum absolute atomic E-state index is 0.144. The molecule has 3 rings (SSSR count). The molecule has 0 radical (unpaired) electrons. The molecule has 1 unspecified atom stereocenters. The summed E-state index contributed by atoms with van der Waals surface area (Å²) in [6, 6.07) is 16.6. The number of hydrogen-bond acceptors (Lipinski definition) is 4. The van der Waals surface area contributed by atoms with E-state index in [1.165, 1.54) is 4.90 Å². The summed E-state index contributed by atoms with van der Waals surface area (Å²) in [6.07, 6.45) is 1.67. The molecule has 1 atom stereocenters. The molecule has 1 amide bonds. The standard InChI is InChI=1S/C21H22N2O3S/c1-15(21(25)26)23(14-16-8-3-2-4-9-16)20(24)13-7-12-19-22-17-10-5-6-11-18(17)27-19/h2-6,8-11,15H,7,12-14H2,1H3,(H,25,26). The molecular weight excluding hydrogens is 360 g/mol. The lowest BCUT2D eigenvalue weighted by Crippen LogP contribution is -2.42. The van der Waals surface area contributed by atoms with Crippen LogP contribution < -0.4 is 0 Å². The number of fused-ring (bicyclic) bond motifs is 1. The van der Waals surface area contributed by atoms with Gasteiger partial charge in [-0.25, -0.2) is 9.78 Å². The molecule has 0 aliphatic carbocycles. The van der Waals surface area contributed by atoms with E-state index in [2.05, 4.69) is 4.98 Å². The molecule has 27 heavy (non-hydrogen) atoms. The highest BCUT2D eigenvalue weighted by molar-refractivity contribution is 7.18. The van der Waals surface area contributed by atoms with Crippen molar-refractivity contribution in [2.24, 2.45) is 0 Å². The van der Waals surface area contributed by atoms with Gasteiger partial charge in [-0.3, -0.25) is 4.79 Å². The largest absolute Gasteiger partial charge is 0.480 e. The van der Waals surface area contributed by atoms with E-state index in [0.29, 0.717) is 25.8 Å². The predicted octanol–water partition coefficient (Wildman–Crippen LogP) is 4.12. The summed E-state index contributed by atoms with van der Waals surface area (Å²) < 4.78 is 1.14. The number of nitrogens with zero attached hydrogens (tertiary/aromatic N) is 2. The molecule has 140 valence electrons. The number of aromatic nitrogens is 1. The lowest BCUT2D eigenvalue weighted by Gasteiger charge is -2.26. The number of carbonyl (C=O) groups is 2. The van der Waals surface area contributed by atoms with E-state index in [9.17, 15) is 14.7 Å². The highest BCUT2D eigenvalue weighted by Crippen LogP contribution is 2.23. The van der Waals surface area contributed by atoms with E-state index in [1.807, 2.05) is 54.6 Å². The number of amides is 1. The molecular formula is C21H22N2O3S. The fourth-order valence-corrected chi connectivity index (χ4v) is 3.92. The zero-order valence-electron chi connectivity index (χ0n) is 15.2. The Labute approximate surface area is 162 Å². The van der Waals surface area contributed by atoms with Crippen LogP contribution in [-0.4, -0.2) is 32.9 Å². The smallest absolute Gasteiger partial charge is 0.326 e. The number of aliphatic carboxylic acids is 1. The van der Waals surface area contributed by atoms with E-state index in [4.69, 9.17) is 0 Å². The molecule has 0 fully saturated rings. The van der Waals surface area contributed by atoms with Gasteiger partial charge in [0, 0.05) is 13.0 Å². The molecule has 6 heteroatoms. The third kappa shape index (κ3) is 4.92. The van der Waals surface area contributed by atoms with Crippen molar-refractivity contribution in [1.82, 2.24) is 9.88 Å². The number of carboxylic acids is 1. The number of aryl methyl sites for hydroxylation is 1. The maximum atomic E-state index is 12.7. The number of carbonyl (C=O) groups excluding carboxylic acids is 1. The summed E-state index contributed by atoms with van der Waals surface area (Å²) in [4.78, 5) is 30.2. The van der Waals surface area contributed by atoms with Crippen LogP contribution in [-0.2, 0) is 22.6 Å². The molecule has 1 N–H and O–H groups in total. The predicted molar refractivity (Wildman–Crippen MR) is 107 cm³/mol. The van der Waals surface area contributed by atoms with Crippen LogP contribution in [0, 0.1) is 0 Å². The van der Waals surface area contributed by atoms with Crippen molar-refractivity contribution in [1.29, 1.82) is 0 Å². The van der Waals surface area contributed by atoms with E-state index in [0.717, 1.165) is 20.8 Å². The van der Waals surface area contributed by atoms with Crippen LogP contribution in [0.15, 0.2) is 54.6 Å². The van der Waals surface area contributed by atoms with Crippen molar-refractivity contribution in [3.63, 3.8) is 0 Å². The quantitative estimate of drug-likeness (QED) is 0.636. The molecule has 1 aromatic heterocycles. The summed E-state index contributed by atoms with van der Waals surface area (Å²) in [5.41, 5.74) is 1.90. The van der Waals surface area contributed by atoms with Gasteiger partial charge in [0.05, 0.1) is 15.2 Å². The number of rotatable bonds is 8. The van der Waals surface area contributed by atoms with Gasteiger partial charge in [-0.2, -0.15) is 0 Å². The molecule has 1 heterocycles. The molecule has 5 nitrogen and oxygen atoms in total. The number of thiazole rings is 1. The summed E-state index contributed by atoms with van der Waals surface area (Å²) >= 11 is 1.64. The Morgan fingerprint density at radius 2 is 1.81 bits per heavy atom. The van der Waals surface area contributed by atoms with Gasteiger partial charge in [0.2, 0.25) is 5.91 Å². The van der Waals surface area contributed by atoms with Crippen LogP contribution in [0.2, 0.25) is 0 Å². The third-order valence-corrected chi connectivity index (χ3v) is 5.56. The normalized spacial score (nSPS) is 12.0. The first-order valence-corrected chi connectivity index (χ1v) is 9.77. The molecule has 0 saturated carbocycles. The Balaban J connectivity index is 1.62. The minimum atomic E-state index is -0.995. The van der Waals surface area contributed by atoms with Crippen molar-refractivity contribution in [3.8, 4) is 0 Å². The highest BCUT2D eigenvalue weighted by atomic mass is 32.1. The van der Waals surface area contributed by atoms with Gasteiger partial charge in [0.1, 0.15) is 6.04 Å². The lowest BCUT2D eigenvalue weighted by molar-refractivity contribution is -0.150. The van der Waals surface area contributed by atoms with Crippen LogP contribution in [0.5, 0.6) is 0 Å². The van der Waals surface area contributed by atoms with E-state index in [-0.39, 0.29) is 5.91 Å². The van der Waals surface area contributed by atoms with E-state index < -0.39 is 12.0 Å². The van der Waals surface area contributed by atoms with Crippen molar-refractivity contribution >= 4 is 33.4 Å². The fraction of sp³-hybridized carbons (Fsp3) is 0.286. The first-order chi connectivity index (χ1) is 13.0. The van der Waals surface area contributed by atoms with Crippen LogP contribution in [0.4, 0.5) is 0 Å². The van der Waals surface area contributed by atoms with Crippen LogP contribution >= 0.6 is 11.3 Å². The molecule has 0 spiro atoms. The first kappa shape index (κ1) is 19.0. The lowest BCUT2D eigenvalue weighted by atomic mass is 10.1. The molecule has 0 aliphatic rings. The minimum Gasteiger partial charge on any atom is -0.480 e. The first-order valence-electron chi connectivity index (χ1n) is 8.95. The number of hydrogen-bond donors (Lipinski definition) is 1. The summed E-state index contributed by atoms with van der Waals surface area (Å²) in [7, 11) is 0. The van der Waals surface area contributed by atoms with Gasteiger partial charge in [0.25, 0.3) is 0 Å². The van der Waals surface area contributed by atoms with Crippen LogP contribution in [0.1, 0.15) is 30.3 Å². The number of para-hydroxylation sites is 1. The van der Waals surface area contributed by atoms with Crippen LogP contribution in [0.25, 0.3) is 10.2 Å². The van der Waals surface area contributed by atoms with Crippen LogP contribution in [0.3, 0.4) is 0 Å². The van der Waals surface area contributed by atoms with Crippen molar-refractivity contribution < 1.29 is 14.7 Å². The monoisotopic (exact) mass is 382 g/mol. The van der Waals surface area contributed by atoms with Gasteiger partial charge < -0.3 is 10.0 Å². The van der Waals surface area contributed by atoms with Crippen molar-refractivity contribution in [3.05, 3.63) is 65.2 Å². The number of carboxylic acid groups (broad SMARTS) is 1. The molecule has 0 aliphatic heterocycles. The summed E-state index contributed by atoms with van der Waals surface area (Å²) in [5.74, 6) is -1.14. The number of benzene rings is 2. The Bertz CT molecular complexity index is 890. The van der Waals surface area contributed by atoms with Gasteiger partial charge >= 0.3 is 5.97 Å². The fourth-order valence-electron chi connectivity index (χ4n) is 2.92. The van der Waals surface area contributed by atoms with Gasteiger partial charge in [0.15, 0.2) is 0 Å². The Morgan fingerprint density at radius 1 is 1.11 bits per heavy atom. The van der Waals surface area contributed by atoms with Crippen molar-refractivity contribution in [2.75, 3.05) is 0 Å². The average molecular weight is 382 g/mol. The SMILES string of the molecule is CC(C(=O)O)N(Cc1ccccc1)C(=O)CCCc1nc2ccccc2s1. The Kier molecular flexibility index (Phi) is 6.19. The summed E-state index contributed by atoms with van der Waals surface area (Å²) in [6.45, 7) is 1.85. The Hall–Kier alpha value is -2.73. The second-order valence-corrected chi connectivity index (χ2v) is 7.57. The van der Waals surface area contributed by atoms with Gasteiger partial charge in [-0.05, 0) is 37.5 Å². The highest BCUT2D eigenvalue weighted by Gasteiger charge is 2.25. The van der Waals surface area contributed by atoms with E-state index >= 15 is 0 Å². The molecule has 3 aromatic rings. The maximum Gasteiger partial charge on any atom is 0.326 e. The topological polar surface area (TPSA) is 70.5 Å². The average Bonchev–Trinajstić information content (AvgIpc) is 3.09. The van der Waals surface area contributed by atoms with E-state index in [1.54, 1.807) is 18.3 Å². The van der Waals surface area contributed by atoms with Gasteiger partial charge in [-0.15, -0.1) is 11.3 Å². The zero-order chi connectivity index (χ0) is 19.2. The van der Waals surface area contributed by atoms with Crippen molar-refractivity contribution in [2.45, 2.75) is 38.8 Å². The summed E-state index contributed by atoms with van der Waals surface area (Å²) in [5, 5.41) is 10.4. The van der Waals surface area contributed by atoms with Gasteiger partial charge in [-0.1, -0.05) is 42.5 Å².